The van der Waals surface area contributed by atoms with Gasteiger partial charge in [0.25, 0.3) is 0 Å². The first kappa shape index (κ1) is 9.25. The summed E-state index contributed by atoms with van der Waals surface area (Å²) in [5, 5.41) is 13.7. The van der Waals surface area contributed by atoms with Crippen LogP contribution in [-0.4, -0.2) is 17.3 Å². The van der Waals surface area contributed by atoms with Gasteiger partial charge < -0.3 is 10.5 Å². The number of benzene rings is 1. The average molecular weight is 178 g/mol. The van der Waals surface area contributed by atoms with Crippen molar-refractivity contribution in [3.63, 3.8) is 0 Å². The van der Waals surface area contributed by atoms with E-state index in [0.717, 1.165) is 11.3 Å². The molecule has 0 saturated heterocycles. The number of carbonyl (C=O) groups is 1. The van der Waals surface area contributed by atoms with Crippen molar-refractivity contribution in [2.24, 2.45) is 5.16 Å². The number of oxime groups is 1. The van der Waals surface area contributed by atoms with Crippen LogP contribution < -0.4 is 5.32 Å². The molecule has 0 aliphatic heterocycles. The van der Waals surface area contributed by atoms with Crippen molar-refractivity contribution in [3.05, 3.63) is 29.8 Å². The van der Waals surface area contributed by atoms with Crippen LogP contribution in [0.1, 0.15) is 12.5 Å². The molecule has 4 nitrogen and oxygen atoms in total. The summed E-state index contributed by atoms with van der Waals surface area (Å²) in [6.07, 6.45) is 1.32. The maximum absolute atomic E-state index is 10.6. The SMILES string of the molecule is CC(=O)Nc1ccc(/C=N\O)cc1. The molecule has 0 unspecified atom stereocenters. The van der Waals surface area contributed by atoms with E-state index in [1.807, 2.05) is 0 Å². The van der Waals surface area contributed by atoms with E-state index < -0.39 is 0 Å². The van der Waals surface area contributed by atoms with E-state index in [2.05, 4.69) is 10.5 Å². The normalized spacial score (nSPS) is 10.2. The van der Waals surface area contributed by atoms with Gasteiger partial charge in [-0.2, -0.15) is 0 Å². The molecular weight excluding hydrogens is 168 g/mol. The van der Waals surface area contributed by atoms with Crippen LogP contribution in [0.5, 0.6) is 0 Å². The summed E-state index contributed by atoms with van der Waals surface area (Å²) >= 11 is 0. The van der Waals surface area contributed by atoms with Gasteiger partial charge in [-0.25, -0.2) is 0 Å². The fourth-order valence-corrected chi connectivity index (χ4v) is 0.922. The van der Waals surface area contributed by atoms with Crippen molar-refractivity contribution in [3.8, 4) is 0 Å². The third-order valence-corrected chi connectivity index (χ3v) is 1.44. The predicted molar refractivity (Wildman–Crippen MR) is 50.1 cm³/mol. The van der Waals surface area contributed by atoms with Crippen LogP contribution in [0.3, 0.4) is 0 Å². The Morgan fingerprint density at radius 3 is 2.54 bits per heavy atom. The molecule has 0 atom stereocenters. The number of rotatable bonds is 2. The maximum atomic E-state index is 10.6. The predicted octanol–water partition coefficient (Wildman–Crippen LogP) is 1.45. The number of carbonyl (C=O) groups excluding carboxylic acids is 1. The first-order valence-corrected chi connectivity index (χ1v) is 3.77. The van der Waals surface area contributed by atoms with Crippen LogP contribution in [0, 0.1) is 0 Å². The van der Waals surface area contributed by atoms with Crippen LogP contribution in [0.4, 0.5) is 5.69 Å². The first-order chi connectivity index (χ1) is 6.22. The molecular formula is C9H10N2O2. The van der Waals surface area contributed by atoms with E-state index >= 15 is 0 Å². The number of nitrogens with one attached hydrogen (secondary N) is 1. The van der Waals surface area contributed by atoms with Gasteiger partial charge in [-0.3, -0.25) is 4.79 Å². The topological polar surface area (TPSA) is 61.7 Å². The van der Waals surface area contributed by atoms with E-state index in [1.165, 1.54) is 13.1 Å². The van der Waals surface area contributed by atoms with Crippen molar-refractivity contribution in [2.75, 3.05) is 5.32 Å². The highest BCUT2D eigenvalue weighted by molar-refractivity contribution is 5.89. The molecule has 68 valence electrons. The summed E-state index contributed by atoms with van der Waals surface area (Å²) in [4.78, 5) is 10.6. The Hall–Kier alpha value is -1.84. The Kier molecular flexibility index (Phi) is 3.03. The van der Waals surface area contributed by atoms with Gasteiger partial charge in [0.1, 0.15) is 0 Å². The van der Waals surface area contributed by atoms with Gasteiger partial charge in [0.2, 0.25) is 5.91 Å². The zero-order chi connectivity index (χ0) is 9.68. The standard InChI is InChI=1S/C9H10N2O2/c1-7(12)11-9-4-2-8(3-5-9)6-10-13/h2-6,13H,1H3,(H,11,12)/b10-6-. The third-order valence-electron chi connectivity index (χ3n) is 1.44. The van der Waals surface area contributed by atoms with Crippen LogP contribution in [0.15, 0.2) is 29.4 Å². The fourth-order valence-electron chi connectivity index (χ4n) is 0.922. The summed E-state index contributed by atoms with van der Waals surface area (Å²) in [5.41, 5.74) is 1.50. The number of anilines is 1. The molecule has 0 saturated carbocycles. The van der Waals surface area contributed by atoms with Crippen molar-refractivity contribution in [2.45, 2.75) is 6.92 Å². The molecule has 1 rings (SSSR count). The van der Waals surface area contributed by atoms with Gasteiger partial charge in [0, 0.05) is 12.6 Å². The van der Waals surface area contributed by atoms with E-state index in [1.54, 1.807) is 24.3 Å². The number of amides is 1. The molecule has 1 aromatic rings. The molecule has 2 N–H and O–H groups in total. The third kappa shape index (κ3) is 2.94. The Balaban J connectivity index is 2.75. The molecule has 4 heteroatoms. The monoisotopic (exact) mass is 178 g/mol. The summed E-state index contributed by atoms with van der Waals surface area (Å²) in [6.45, 7) is 1.45. The molecule has 0 fully saturated rings. The van der Waals surface area contributed by atoms with Crippen molar-refractivity contribution in [1.29, 1.82) is 0 Å². The van der Waals surface area contributed by atoms with Gasteiger partial charge in [0.15, 0.2) is 0 Å². The largest absolute Gasteiger partial charge is 0.411 e. The second-order valence-corrected chi connectivity index (χ2v) is 2.55. The number of hydrogen-bond donors (Lipinski definition) is 2. The van der Waals surface area contributed by atoms with Crippen molar-refractivity contribution >= 4 is 17.8 Å². The maximum Gasteiger partial charge on any atom is 0.221 e. The second kappa shape index (κ2) is 4.25. The summed E-state index contributed by atoms with van der Waals surface area (Å²) < 4.78 is 0. The quantitative estimate of drug-likeness (QED) is 0.409. The second-order valence-electron chi connectivity index (χ2n) is 2.55. The van der Waals surface area contributed by atoms with E-state index in [-0.39, 0.29) is 5.91 Å². The Morgan fingerprint density at radius 1 is 1.46 bits per heavy atom. The van der Waals surface area contributed by atoms with Crippen LogP contribution >= 0.6 is 0 Å². The minimum absolute atomic E-state index is 0.108. The van der Waals surface area contributed by atoms with Gasteiger partial charge in [-0.15, -0.1) is 0 Å². The molecule has 0 heterocycles. The molecule has 13 heavy (non-hydrogen) atoms. The average Bonchev–Trinajstić information content (AvgIpc) is 2.08. The molecule has 1 aromatic carbocycles. The lowest BCUT2D eigenvalue weighted by atomic mass is 10.2. The zero-order valence-corrected chi connectivity index (χ0v) is 7.19. The molecule has 0 aromatic heterocycles. The fraction of sp³-hybridized carbons (Fsp3) is 0.111. The van der Waals surface area contributed by atoms with Crippen molar-refractivity contribution in [1.82, 2.24) is 0 Å². The van der Waals surface area contributed by atoms with Crippen LogP contribution in [0.2, 0.25) is 0 Å². The Morgan fingerprint density at radius 2 is 2.08 bits per heavy atom. The molecule has 1 amide bonds. The highest BCUT2D eigenvalue weighted by Gasteiger charge is 1.94. The first-order valence-electron chi connectivity index (χ1n) is 3.77. The lowest BCUT2D eigenvalue weighted by Gasteiger charge is -2.00. The number of nitrogens with zero attached hydrogens (tertiary/aromatic N) is 1. The van der Waals surface area contributed by atoms with Crippen LogP contribution in [0.25, 0.3) is 0 Å². The molecule has 0 spiro atoms. The summed E-state index contributed by atoms with van der Waals surface area (Å²) in [5.74, 6) is -0.108. The van der Waals surface area contributed by atoms with Crippen molar-refractivity contribution < 1.29 is 10.0 Å². The Bertz CT molecular complexity index is 317. The van der Waals surface area contributed by atoms with E-state index in [0.29, 0.717) is 0 Å². The molecule has 0 aliphatic rings. The molecule has 0 radical (unpaired) electrons. The lowest BCUT2D eigenvalue weighted by molar-refractivity contribution is -0.114. The highest BCUT2D eigenvalue weighted by Crippen LogP contribution is 2.07. The minimum Gasteiger partial charge on any atom is -0.411 e. The van der Waals surface area contributed by atoms with Gasteiger partial charge in [-0.1, -0.05) is 17.3 Å². The number of hydrogen-bond acceptors (Lipinski definition) is 3. The summed E-state index contributed by atoms with van der Waals surface area (Å²) in [7, 11) is 0. The lowest BCUT2D eigenvalue weighted by Crippen LogP contribution is -2.05. The zero-order valence-electron chi connectivity index (χ0n) is 7.19. The Labute approximate surface area is 75.9 Å². The van der Waals surface area contributed by atoms with E-state index in [9.17, 15) is 4.79 Å². The van der Waals surface area contributed by atoms with Gasteiger partial charge in [0.05, 0.1) is 6.21 Å². The van der Waals surface area contributed by atoms with Crippen LogP contribution in [-0.2, 0) is 4.79 Å². The molecule has 0 bridgehead atoms. The molecule has 0 aliphatic carbocycles. The smallest absolute Gasteiger partial charge is 0.221 e. The van der Waals surface area contributed by atoms with Gasteiger partial charge in [-0.05, 0) is 17.7 Å². The van der Waals surface area contributed by atoms with E-state index in [4.69, 9.17) is 5.21 Å². The summed E-state index contributed by atoms with van der Waals surface area (Å²) in [6, 6.07) is 6.95. The van der Waals surface area contributed by atoms with Gasteiger partial charge >= 0.3 is 0 Å². The minimum atomic E-state index is -0.108. The highest BCUT2D eigenvalue weighted by atomic mass is 16.4.